The summed E-state index contributed by atoms with van der Waals surface area (Å²) in [6.07, 6.45) is 4.21. The van der Waals surface area contributed by atoms with Gasteiger partial charge in [0.1, 0.15) is 11.5 Å². The van der Waals surface area contributed by atoms with Gasteiger partial charge in [0.2, 0.25) is 0 Å². The predicted molar refractivity (Wildman–Crippen MR) is 122 cm³/mol. The molecule has 1 aliphatic rings. The van der Waals surface area contributed by atoms with E-state index in [-0.39, 0.29) is 23.9 Å². The van der Waals surface area contributed by atoms with Gasteiger partial charge in [-0.05, 0) is 49.6 Å². The summed E-state index contributed by atoms with van der Waals surface area (Å²) in [5, 5.41) is 19.7. The molecule has 3 atom stereocenters. The van der Waals surface area contributed by atoms with Gasteiger partial charge >= 0.3 is 0 Å². The number of nitrogens with one attached hydrogen (secondary N) is 2. The van der Waals surface area contributed by atoms with Crippen LogP contribution in [0, 0.1) is 17.4 Å². The highest BCUT2D eigenvalue weighted by molar-refractivity contribution is 5.93. The second-order valence-corrected chi connectivity index (χ2v) is 8.12. The number of nitrogens with zero attached hydrogens (tertiary/aromatic N) is 3. The molecule has 7 nitrogen and oxygen atoms in total. The zero-order valence-corrected chi connectivity index (χ0v) is 18.3. The Labute approximate surface area is 188 Å². The Morgan fingerprint density at radius 3 is 2.75 bits per heavy atom. The number of rotatable bonds is 7. The fraction of sp³-hybridized carbons (Fsp3) is 0.320. The molecule has 0 radical (unpaired) electrons. The summed E-state index contributed by atoms with van der Waals surface area (Å²) in [7, 11) is 0. The van der Waals surface area contributed by atoms with Crippen molar-refractivity contribution >= 4 is 5.91 Å². The molecular formula is C25H27N5O2. The van der Waals surface area contributed by atoms with Crippen LogP contribution < -0.4 is 10.1 Å². The van der Waals surface area contributed by atoms with Crippen LogP contribution >= 0.6 is 0 Å². The first-order chi connectivity index (χ1) is 15.6. The molecule has 1 amide bonds. The van der Waals surface area contributed by atoms with Crippen molar-refractivity contribution in [2.24, 2.45) is 5.92 Å². The Balaban J connectivity index is 1.52. The summed E-state index contributed by atoms with van der Waals surface area (Å²) in [4.78, 5) is 14.7. The average molecular weight is 430 g/mol. The van der Waals surface area contributed by atoms with Crippen molar-refractivity contribution in [2.45, 2.75) is 38.8 Å². The van der Waals surface area contributed by atoms with Gasteiger partial charge in [-0.3, -0.25) is 9.89 Å². The zero-order chi connectivity index (χ0) is 22.5. The van der Waals surface area contributed by atoms with Crippen molar-refractivity contribution in [3.05, 3.63) is 66.4 Å². The highest BCUT2D eigenvalue weighted by Gasteiger charge is 2.39. The van der Waals surface area contributed by atoms with Gasteiger partial charge in [0.05, 0.1) is 17.8 Å². The minimum absolute atomic E-state index is 0.0427. The van der Waals surface area contributed by atoms with Gasteiger partial charge < -0.3 is 15.0 Å². The highest BCUT2D eigenvalue weighted by atomic mass is 16.5. The summed E-state index contributed by atoms with van der Waals surface area (Å²) >= 11 is 0. The molecule has 2 N–H and O–H groups in total. The molecule has 0 saturated carbocycles. The quantitative estimate of drug-likeness (QED) is 0.537. The topological polar surface area (TPSA) is 94.0 Å². The van der Waals surface area contributed by atoms with Crippen LogP contribution in [0.2, 0.25) is 0 Å². The Bertz CT molecular complexity index is 1100. The number of likely N-dealkylation sites (tertiary alicyclic amines) is 1. The lowest BCUT2D eigenvalue weighted by molar-refractivity contribution is 0.0916. The van der Waals surface area contributed by atoms with E-state index in [1.165, 1.54) is 0 Å². The summed E-state index contributed by atoms with van der Waals surface area (Å²) in [6, 6.07) is 18.8. The van der Waals surface area contributed by atoms with Crippen LogP contribution in [-0.4, -0.2) is 39.6 Å². The van der Waals surface area contributed by atoms with Crippen molar-refractivity contribution < 1.29 is 9.53 Å². The SMILES string of the molecule is CCCC1CN(C#N)C(C)C1NC(=O)c1cc(-c2ccccc2Oc2ccccc2)[nH]n1. The molecule has 164 valence electrons. The van der Waals surface area contributed by atoms with Crippen LogP contribution in [0.3, 0.4) is 0 Å². The lowest BCUT2D eigenvalue weighted by Gasteiger charge is -2.23. The fourth-order valence-corrected chi connectivity index (χ4v) is 4.33. The molecule has 3 aromatic rings. The van der Waals surface area contributed by atoms with Gasteiger partial charge in [-0.25, -0.2) is 0 Å². The number of para-hydroxylation sites is 2. The number of aromatic nitrogens is 2. The van der Waals surface area contributed by atoms with E-state index in [1.54, 1.807) is 11.0 Å². The third-order valence-corrected chi connectivity index (χ3v) is 5.99. The second kappa shape index (κ2) is 9.56. The first-order valence-corrected chi connectivity index (χ1v) is 11.0. The minimum Gasteiger partial charge on any atom is -0.457 e. The minimum atomic E-state index is -0.244. The maximum absolute atomic E-state index is 13.0. The number of hydrogen-bond donors (Lipinski definition) is 2. The number of ether oxygens (including phenoxy) is 1. The van der Waals surface area contributed by atoms with Crippen molar-refractivity contribution in [2.75, 3.05) is 6.54 Å². The van der Waals surface area contributed by atoms with Crippen LogP contribution in [0.5, 0.6) is 11.5 Å². The van der Waals surface area contributed by atoms with E-state index in [1.807, 2.05) is 61.5 Å². The maximum Gasteiger partial charge on any atom is 0.272 e. The smallest absolute Gasteiger partial charge is 0.272 e. The van der Waals surface area contributed by atoms with Crippen LogP contribution in [0.1, 0.15) is 37.2 Å². The van der Waals surface area contributed by atoms with Crippen LogP contribution in [0.4, 0.5) is 0 Å². The van der Waals surface area contributed by atoms with E-state index in [2.05, 4.69) is 28.6 Å². The number of nitriles is 1. The molecule has 1 aliphatic heterocycles. The summed E-state index contributed by atoms with van der Waals surface area (Å²) in [5.41, 5.74) is 1.83. The Morgan fingerprint density at radius 1 is 1.25 bits per heavy atom. The van der Waals surface area contributed by atoms with E-state index < -0.39 is 0 Å². The second-order valence-electron chi connectivity index (χ2n) is 8.12. The molecule has 1 aromatic heterocycles. The number of hydrogen-bond acceptors (Lipinski definition) is 5. The maximum atomic E-state index is 13.0. The lowest BCUT2D eigenvalue weighted by atomic mass is 9.95. The van der Waals surface area contributed by atoms with E-state index in [9.17, 15) is 10.1 Å². The molecule has 7 heteroatoms. The number of H-pyrrole nitrogens is 1. The number of benzene rings is 2. The van der Waals surface area contributed by atoms with Crippen molar-refractivity contribution in [3.8, 4) is 28.9 Å². The normalized spacial score (nSPS) is 20.0. The predicted octanol–water partition coefficient (Wildman–Crippen LogP) is 4.57. The molecule has 0 spiro atoms. The van der Waals surface area contributed by atoms with Gasteiger partial charge in [0.15, 0.2) is 11.9 Å². The molecular weight excluding hydrogens is 402 g/mol. The van der Waals surface area contributed by atoms with Gasteiger partial charge in [0.25, 0.3) is 5.91 Å². The Hall–Kier alpha value is -3.79. The number of carbonyl (C=O) groups excluding carboxylic acids is 1. The molecule has 4 rings (SSSR count). The standard InChI is InChI=1S/C25H27N5O2/c1-3-9-18-15-30(16-26)17(2)24(18)27-25(31)22-14-21(28-29-22)20-12-7-8-13-23(20)32-19-10-5-4-6-11-19/h4-8,10-14,17-18,24H,3,9,15H2,1-2H3,(H,27,31)(H,28,29). The number of aromatic amines is 1. The summed E-state index contributed by atoms with van der Waals surface area (Å²) in [6.45, 7) is 4.77. The van der Waals surface area contributed by atoms with Crippen molar-refractivity contribution in [1.29, 1.82) is 5.26 Å². The number of carbonyl (C=O) groups is 1. The molecule has 1 saturated heterocycles. The highest BCUT2D eigenvalue weighted by Crippen LogP contribution is 2.32. The van der Waals surface area contributed by atoms with Gasteiger partial charge in [-0.15, -0.1) is 0 Å². The summed E-state index contributed by atoms with van der Waals surface area (Å²) in [5.74, 6) is 1.41. The van der Waals surface area contributed by atoms with E-state index in [0.717, 1.165) is 24.2 Å². The largest absolute Gasteiger partial charge is 0.457 e. The lowest BCUT2D eigenvalue weighted by Crippen LogP contribution is -2.45. The molecule has 3 unspecified atom stereocenters. The molecule has 0 aliphatic carbocycles. The molecule has 0 bridgehead atoms. The van der Waals surface area contributed by atoms with Crippen molar-refractivity contribution in [1.82, 2.24) is 20.4 Å². The number of amides is 1. The van der Waals surface area contributed by atoms with Crippen molar-refractivity contribution in [3.63, 3.8) is 0 Å². The summed E-state index contributed by atoms with van der Waals surface area (Å²) < 4.78 is 6.04. The third kappa shape index (κ3) is 4.45. The monoisotopic (exact) mass is 429 g/mol. The fourth-order valence-electron chi connectivity index (χ4n) is 4.33. The van der Waals surface area contributed by atoms with Gasteiger partial charge in [-0.2, -0.15) is 10.4 Å². The van der Waals surface area contributed by atoms with Crippen LogP contribution in [0.15, 0.2) is 60.7 Å². The first kappa shape index (κ1) is 21.4. The van der Waals surface area contributed by atoms with Gasteiger partial charge in [0, 0.05) is 12.1 Å². The first-order valence-electron chi connectivity index (χ1n) is 11.0. The molecule has 2 heterocycles. The van der Waals surface area contributed by atoms with Gasteiger partial charge in [-0.1, -0.05) is 43.7 Å². The van der Waals surface area contributed by atoms with Crippen LogP contribution in [-0.2, 0) is 0 Å². The van der Waals surface area contributed by atoms with E-state index >= 15 is 0 Å². The molecule has 32 heavy (non-hydrogen) atoms. The van der Waals surface area contributed by atoms with E-state index in [0.29, 0.717) is 23.7 Å². The zero-order valence-electron chi connectivity index (χ0n) is 18.3. The van der Waals surface area contributed by atoms with Crippen LogP contribution in [0.25, 0.3) is 11.3 Å². The van der Waals surface area contributed by atoms with E-state index in [4.69, 9.17) is 4.74 Å². The molecule has 2 aromatic carbocycles. The average Bonchev–Trinajstić information content (AvgIpc) is 3.41. The third-order valence-electron chi connectivity index (χ3n) is 5.99. The Morgan fingerprint density at radius 2 is 2.00 bits per heavy atom. The Kier molecular flexibility index (Phi) is 6.41. The molecule has 1 fully saturated rings.